The Hall–Kier alpha value is -0.680. The summed E-state index contributed by atoms with van der Waals surface area (Å²) >= 11 is 4.99. The van der Waals surface area contributed by atoms with Crippen molar-refractivity contribution < 1.29 is 4.79 Å². The number of nitrogens with one attached hydrogen (secondary N) is 1. The lowest BCUT2D eigenvalue weighted by molar-refractivity contribution is -0.125. The number of nitrogens with zero attached hydrogens (tertiary/aromatic N) is 1. The smallest absolute Gasteiger partial charge is 0.230 e. The summed E-state index contributed by atoms with van der Waals surface area (Å²) in [6.45, 7) is 9.20. The molecule has 1 saturated heterocycles. The predicted molar refractivity (Wildman–Crippen MR) is 78.4 cm³/mol. The second kappa shape index (κ2) is 7.04. The molecular formula is C13H25N3OS. The normalized spacial score (nSPS) is 22.8. The highest BCUT2D eigenvalue weighted by atomic mass is 32.1. The van der Waals surface area contributed by atoms with Gasteiger partial charge in [-0.3, -0.25) is 4.79 Å². The molecule has 1 amide bonds. The Morgan fingerprint density at radius 3 is 2.72 bits per heavy atom. The minimum absolute atomic E-state index is 0.0135. The lowest BCUT2D eigenvalue weighted by Gasteiger charge is -2.33. The summed E-state index contributed by atoms with van der Waals surface area (Å²) < 4.78 is 0. The Bertz CT molecular complexity index is 307. The number of amides is 1. The summed E-state index contributed by atoms with van der Waals surface area (Å²) in [5, 5.41) is 3.10. The van der Waals surface area contributed by atoms with Gasteiger partial charge in [-0.2, -0.15) is 0 Å². The zero-order valence-electron chi connectivity index (χ0n) is 11.6. The van der Waals surface area contributed by atoms with E-state index >= 15 is 0 Å². The number of hydrogen-bond acceptors (Lipinski definition) is 3. The summed E-state index contributed by atoms with van der Waals surface area (Å²) in [6, 6.07) is 0.238. The minimum atomic E-state index is -0.350. The fraction of sp³-hybridized carbons (Fsp3) is 0.846. The number of piperidine rings is 1. The number of likely N-dealkylation sites (N-methyl/N-ethyl adjacent to an activating group) is 1. The zero-order valence-corrected chi connectivity index (χ0v) is 12.4. The van der Waals surface area contributed by atoms with Crippen LogP contribution in [0.1, 0.15) is 33.6 Å². The van der Waals surface area contributed by atoms with E-state index < -0.39 is 0 Å². The van der Waals surface area contributed by atoms with Crippen molar-refractivity contribution >= 4 is 23.1 Å². The molecule has 1 aliphatic rings. The van der Waals surface area contributed by atoms with Gasteiger partial charge < -0.3 is 16.0 Å². The molecule has 0 saturated carbocycles. The highest BCUT2D eigenvalue weighted by Crippen LogP contribution is 2.14. The number of hydrogen-bond donors (Lipinski definition) is 2. The predicted octanol–water partition coefficient (Wildman–Crippen LogP) is 1.15. The first-order valence-corrected chi connectivity index (χ1v) is 7.18. The Balaban J connectivity index is 2.55. The van der Waals surface area contributed by atoms with Crippen LogP contribution in [0.4, 0.5) is 0 Å². The summed E-state index contributed by atoms with van der Waals surface area (Å²) in [6.07, 6.45) is 2.18. The highest BCUT2D eigenvalue weighted by Gasteiger charge is 2.28. The number of carbonyl (C=O) groups is 1. The molecule has 0 aromatic rings. The van der Waals surface area contributed by atoms with Gasteiger partial charge in [0, 0.05) is 12.6 Å². The molecule has 0 bridgehead atoms. The van der Waals surface area contributed by atoms with Crippen molar-refractivity contribution in [1.29, 1.82) is 0 Å². The van der Waals surface area contributed by atoms with Gasteiger partial charge in [-0.05, 0) is 31.8 Å². The van der Waals surface area contributed by atoms with Crippen LogP contribution in [-0.2, 0) is 4.79 Å². The van der Waals surface area contributed by atoms with Crippen molar-refractivity contribution in [1.82, 2.24) is 10.2 Å². The average Bonchev–Trinajstić information content (AvgIpc) is 2.28. The van der Waals surface area contributed by atoms with E-state index in [9.17, 15) is 4.79 Å². The van der Waals surface area contributed by atoms with Crippen LogP contribution < -0.4 is 11.1 Å². The molecule has 0 radical (unpaired) electrons. The van der Waals surface area contributed by atoms with Crippen LogP contribution in [0.2, 0.25) is 0 Å². The van der Waals surface area contributed by atoms with Gasteiger partial charge in [0.05, 0.1) is 10.9 Å². The van der Waals surface area contributed by atoms with E-state index in [1.54, 1.807) is 0 Å². The molecule has 0 aromatic heterocycles. The molecule has 0 spiro atoms. The van der Waals surface area contributed by atoms with E-state index in [0.29, 0.717) is 4.99 Å². The molecule has 4 nitrogen and oxygen atoms in total. The fourth-order valence-corrected chi connectivity index (χ4v) is 2.89. The maximum Gasteiger partial charge on any atom is 0.230 e. The lowest BCUT2D eigenvalue weighted by atomic mass is 9.94. The van der Waals surface area contributed by atoms with E-state index in [1.807, 2.05) is 13.8 Å². The summed E-state index contributed by atoms with van der Waals surface area (Å²) in [4.78, 5) is 14.8. The second-order valence-electron chi connectivity index (χ2n) is 5.37. The van der Waals surface area contributed by atoms with Gasteiger partial charge in [0.2, 0.25) is 5.91 Å². The summed E-state index contributed by atoms with van der Waals surface area (Å²) in [7, 11) is 0. The molecule has 1 heterocycles. The van der Waals surface area contributed by atoms with Gasteiger partial charge >= 0.3 is 0 Å². The molecule has 0 aliphatic carbocycles. The van der Waals surface area contributed by atoms with E-state index in [0.717, 1.165) is 32.5 Å². The first-order valence-electron chi connectivity index (χ1n) is 6.77. The molecule has 104 valence electrons. The maximum atomic E-state index is 12.2. The monoisotopic (exact) mass is 271 g/mol. The molecule has 1 rings (SSSR count). The Kier molecular flexibility index (Phi) is 6.02. The third-order valence-electron chi connectivity index (χ3n) is 3.55. The standard InChI is InChI=1S/C13H25N3OS/c1-4-16-7-5-6-10(8-16)15-13(17)11(9(2)3)12(14)18/h9-11H,4-8H2,1-3H3,(H2,14,18)(H,15,17). The highest BCUT2D eigenvalue weighted by molar-refractivity contribution is 7.80. The van der Waals surface area contributed by atoms with Crippen LogP contribution in [0, 0.1) is 11.8 Å². The van der Waals surface area contributed by atoms with E-state index in [-0.39, 0.29) is 23.8 Å². The quantitative estimate of drug-likeness (QED) is 0.736. The van der Waals surface area contributed by atoms with Gasteiger partial charge in [-0.15, -0.1) is 0 Å². The van der Waals surface area contributed by atoms with Crippen molar-refractivity contribution in [2.24, 2.45) is 17.6 Å². The number of rotatable bonds is 5. The van der Waals surface area contributed by atoms with Crippen molar-refractivity contribution in [2.45, 2.75) is 39.7 Å². The third kappa shape index (κ3) is 4.21. The Morgan fingerprint density at radius 2 is 2.22 bits per heavy atom. The SMILES string of the molecule is CCN1CCCC(NC(=O)C(C(N)=S)C(C)C)C1. The van der Waals surface area contributed by atoms with Crippen molar-refractivity contribution in [3.8, 4) is 0 Å². The van der Waals surface area contributed by atoms with Crippen molar-refractivity contribution in [3.05, 3.63) is 0 Å². The number of nitrogens with two attached hydrogens (primary N) is 1. The molecule has 18 heavy (non-hydrogen) atoms. The largest absolute Gasteiger partial charge is 0.393 e. The average molecular weight is 271 g/mol. The van der Waals surface area contributed by atoms with Gasteiger partial charge in [0.1, 0.15) is 0 Å². The molecule has 2 atom stereocenters. The molecule has 1 fully saturated rings. The molecular weight excluding hydrogens is 246 g/mol. The number of carbonyl (C=O) groups excluding carboxylic acids is 1. The first-order chi connectivity index (χ1) is 8.45. The molecule has 5 heteroatoms. The maximum absolute atomic E-state index is 12.2. The van der Waals surface area contributed by atoms with Crippen LogP contribution in [0.15, 0.2) is 0 Å². The minimum Gasteiger partial charge on any atom is -0.393 e. The first kappa shape index (κ1) is 15.4. The zero-order chi connectivity index (χ0) is 13.7. The van der Waals surface area contributed by atoms with E-state index in [4.69, 9.17) is 18.0 Å². The number of thiocarbonyl (C=S) groups is 1. The van der Waals surface area contributed by atoms with Crippen molar-refractivity contribution in [3.63, 3.8) is 0 Å². The van der Waals surface area contributed by atoms with Crippen LogP contribution in [0.5, 0.6) is 0 Å². The van der Waals surface area contributed by atoms with Gasteiger partial charge in [0.15, 0.2) is 0 Å². The molecule has 0 aromatic carbocycles. The number of likely N-dealkylation sites (tertiary alicyclic amines) is 1. The van der Waals surface area contributed by atoms with Crippen LogP contribution in [0.3, 0.4) is 0 Å². The van der Waals surface area contributed by atoms with E-state index in [1.165, 1.54) is 0 Å². The Labute approximate surface area is 115 Å². The third-order valence-corrected chi connectivity index (χ3v) is 3.81. The van der Waals surface area contributed by atoms with Gasteiger partial charge in [-0.1, -0.05) is 33.0 Å². The lowest BCUT2D eigenvalue weighted by Crippen LogP contribution is -2.51. The van der Waals surface area contributed by atoms with Gasteiger partial charge in [-0.25, -0.2) is 0 Å². The molecule has 2 unspecified atom stereocenters. The fourth-order valence-electron chi connectivity index (χ4n) is 2.51. The summed E-state index contributed by atoms with van der Waals surface area (Å²) in [5.74, 6) is -0.217. The molecule has 3 N–H and O–H groups in total. The Morgan fingerprint density at radius 1 is 1.56 bits per heavy atom. The van der Waals surface area contributed by atoms with Gasteiger partial charge in [0.25, 0.3) is 0 Å². The van der Waals surface area contributed by atoms with Crippen LogP contribution >= 0.6 is 12.2 Å². The van der Waals surface area contributed by atoms with E-state index in [2.05, 4.69) is 17.1 Å². The van der Waals surface area contributed by atoms with Crippen LogP contribution in [-0.4, -0.2) is 41.5 Å². The second-order valence-corrected chi connectivity index (χ2v) is 5.84. The summed E-state index contributed by atoms with van der Waals surface area (Å²) in [5.41, 5.74) is 5.66. The van der Waals surface area contributed by atoms with Crippen LogP contribution in [0.25, 0.3) is 0 Å². The molecule has 1 aliphatic heterocycles. The van der Waals surface area contributed by atoms with Crippen molar-refractivity contribution in [2.75, 3.05) is 19.6 Å². The topological polar surface area (TPSA) is 58.4 Å².